The fourth-order valence-corrected chi connectivity index (χ4v) is 9.66. The molecule has 2 heterocycles. The van der Waals surface area contributed by atoms with Crippen molar-refractivity contribution >= 4 is 19.9 Å². The average Bonchev–Trinajstić information content (AvgIpc) is 2.28. The molecule has 0 aromatic heterocycles. The van der Waals surface area contributed by atoms with Gasteiger partial charge in [0.1, 0.15) is 0 Å². The van der Waals surface area contributed by atoms with Crippen molar-refractivity contribution in [3.05, 3.63) is 0 Å². The monoisotopic (exact) mass is 263 g/mol. The Kier molecular flexibility index (Phi) is 3.18. The van der Waals surface area contributed by atoms with E-state index in [-0.39, 0.29) is 10.3 Å². The zero-order valence-corrected chi connectivity index (χ0v) is 10.6. The number of carbonyl (C=O) groups is 1. The van der Waals surface area contributed by atoms with E-state index in [0.29, 0.717) is 0 Å². The number of esters is 1. The standard InChI is InChI=1S/C11H19O2Se/c1-13-10(12)11-6-2-4-8-14(11)9-5-3-7-11/h2-9H2,1H3/q+1. The van der Waals surface area contributed by atoms with E-state index in [1.807, 2.05) is 0 Å². The fourth-order valence-electron chi connectivity index (χ4n) is 2.79. The summed E-state index contributed by atoms with van der Waals surface area (Å²) in [6, 6.07) is 0. The molecule has 0 bridgehead atoms. The van der Waals surface area contributed by atoms with Gasteiger partial charge < -0.3 is 0 Å². The molecule has 0 aliphatic carbocycles. The number of hydrogen-bond donors (Lipinski definition) is 0. The van der Waals surface area contributed by atoms with Gasteiger partial charge in [-0.05, 0) is 0 Å². The molecule has 0 spiro atoms. The first-order valence-corrected chi connectivity index (χ1v) is 8.83. The zero-order chi connectivity index (χ0) is 10.0. The first-order chi connectivity index (χ1) is 6.79. The average molecular weight is 262 g/mol. The third kappa shape index (κ3) is 1.61. The van der Waals surface area contributed by atoms with Crippen LogP contribution in [0.15, 0.2) is 0 Å². The van der Waals surface area contributed by atoms with Gasteiger partial charge in [-0.15, -0.1) is 0 Å². The predicted octanol–water partition coefficient (Wildman–Crippen LogP) is 2.76. The number of methoxy groups -OCH3 is 1. The molecule has 0 aromatic rings. The van der Waals surface area contributed by atoms with Crippen molar-refractivity contribution in [2.75, 3.05) is 7.11 Å². The Labute approximate surface area is 90.3 Å². The molecule has 2 aliphatic rings. The normalized spacial score (nSPS) is 37.4. The third-order valence-electron chi connectivity index (χ3n) is 3.55. The van der Waals surface area contributed by atoms with Crippen molar-refractivity contribution in [3.63, 3.8) is 0 Å². The summed E-state index contributed by atoms with van der Waals surface area (Å²) < 4.78 is 5.09. The van der Waals surface area contributed by atoms with Crippen LogP contribution in [-0.2, 0) is 9.53 Å². The number of hydrogen-bond acceptors (Lipinski definition) is 2. The molecule has 3 heteroatoms. The van der Waals surface area contributed by atoms with E-state index in [9.17, 15) is 4.79 Å². The van der Waals surface area contributed by atoms with E-state index in [0.717, 1.165) is 12.8 Å². The summed E-state index contributed by atoms with van der Waals surface area (Å²) in [5, 5.41) is 2.74. The Morgan fingerprint density at radius 3 is 2.21 bits per heavy atom. The predicted molar refractivity (Wildman–Crippen MR) is 57.8 cm³/mol. The molecule has 2 nitrogen and oxygen atoms in total. The summed E-state index contributed by atoms with van der Waals surface area (Å²) in [5.74, 6) is 0.127. The molecule has 0 unspecified atom stereocenters. The van der Waals surface area contributed by atoms with Crippen molar-refractivity contribution in [2.24, 2.45) is 0 Å². The van der Waals surface area contributed by atoms with E-state index in [1.54, 1.807) is 7.11 Å². The second kappa shape index (κ2) is 4.24. The van der Waals surface area contributed by atoms with Gasteiger partial charge in [0.2, 0.25) is 0 Å². The van der Waals surface area contributed by atoms with Gasteiger partial charge in [-0.1, -0.05) is 0 Å². The number of carbonyl (C=O) groups excluding carboxylic acids is 1. The number of ether oxygens (including phenoxy) is 1. The quantitative estimate of drug-likeness (QED) is 0.536. The third-order valence-corrected chi connectivity index (χ3v) is 10.4. The summed E-state index contributed by atoms with van der Waals surface area (Å²) in [6.45, 7) is 0. The molecule has 2 fully saturated rings. The number of rotatable bonds is 1. The molecular formula is C11H19O2Se+. The Morgan fingerprint density at radius 2 is 1.71 bits per heavy atom. The molecule has 14 heavy (non-hydrogen) atoms. The van der Waals surface area contributed by atoms with Gasteiger partial charge in [0.05, 0.1) is 0 Å². The van der Waals surface area contributed by atoms with Gasteiger partial charge in [-0.2, -0.15) is 0 Å². The van der Waals surface area contributed by atoms with E-state index >= 15 is 0 Å². The van der Waals surface area contributed by atoms with Crippen LogP contribution in [0, 0.1) is 0 Å². The van der Waals surface area contributed by atoms with Crippen LogP contribution in [0.25, 0.3) is 0 Å². The van der Waals surface area contributed by atoms with Gasteiger partial charge in [-0.3, -0.25) is 0 Å². The first-order valence-electron chi connectivity index (χ1n) is 5.56. The molecule has 2 rings (SSSR count). The molecular weight excluding hydrogens is 243 g/mol. The maximum atomic E-state index is 11.9. The summed E-state index contributed by atoms with van der Waals surface area (Å²) in [6.07, 6.45) is 7.48. The molecule has 0 N–H and O–H groups in total. The molecule has 80 valence electrons. The van der Waals surface area contributed by atoms with Crippen molar-refractivity contribution in [2.45, 2.75) is 53.5 Å². The fraction of sp³-hybridized carbons (Fsp3) is 0.909. The van der Waals surface area contributed by atoms with Crippen molar-refractivity contribution in [1.82, 2.24) is 0 Å². The van der Waals surface area contributed by atoms with E-state index in [1.165, 1.54) is 36.3 Å². The van der Waals surface area contributed by atoms with Gasteiger partial charge >= 0.3 is 90.0 Å². The Morgan fingerprint density at radius 1 is 1.14 bits per heavy atom. The molecule has 0 amide bonds. The minimum absolute atomic E-state index is 0.0469. The SMILES string of the molecule is COC(=O)C12CCCC[Se+]1CCCC2. The van der Waals surface area contributed by atoms with E-state index in [4.69, 9.17) is 4.74 Å². The van der Waals surface area contributed by atoms with Crippen LogP contribution in [0.2, 0.25) is 15.0 Å². The Hall–Kier alpha value is -0.0105. The zero-order valence-electron chi connectivity index (χ0n) is 8.88. The number of fused-ring (bicyclic) bond motifs is 1. The minimum atomic E-state index is -0.675. The maximum absolute atomic E-state index is 11.9. The van der Waals surface area contributed by atoms with Crippen LogP contribution in [0.1, 0.15) is 38.5 Å². The molecule has 0 radical (unpaired) electrons. The Balaban J connectivity index is 2.20. The van der Waals surface area contributed by atoms with Crippen LogP contribution in [0.4, 0.5) is 0 Å². The topological polar surface area (TPSA) is 26.3 Å². The molecule has 2 aliphatic heterocycles. The van der Waals surface area contributed by atoms with E-state index < -0.39 is 13.9 Å². The van der Waals surface area contributed by atoms with E-state index in [2.05, 4.69) is 0 Å². The molecule has 0 aromatic carbocycles. The molecule has 0 saturated carbocycles. The molecule has 2 saturated heterocycles. The second-order valence-electron chi connectivity index (χ2n) is 4.30. The Bertz CT molecular complexity index is 215. The first kappa shape index (κ1) is 10.5. The van der Waals surface area contributed by atoms with Crippen LogP contribution in [0.5, 0.6) is 0 Å². The van der Waals surface area contributed by atoms with Gasteiger partial charge in [0.15, 0.2) is 0 Å². The van der Waals surface area contributed by atoms with Gasteiger partial charge in [0.25, 0.3) is 0 Å². The van der Waals surface area contributed by atoms with Crippen LogP contribution in [0.3, 0.4) is 0 Å². The molecule has 0 atom stereocenters. The summed E-state index contributed by atoms with van der Waals surface area (Å²) in [7, 11) is 1.56. The van der Waals surface area contributed by atoms with Crippen LogP contribution in [-0.4, -0.2) is 27.0 Å². The van der Waals surface area contributed by atoms with Gasteiger partial charge in [0, 0.05) is 0 Å². The van der Waals surface area contributed by atoms with Crippen LogP contribution < -0.4 is 0 Å². The van der Waals surface area contributed by atoms with Crippen LogP contribution >= 0.6 is 0 Å². The summed E-state index contributed by atoms with van der Waals surface area (Å²) >= 11 is -0.675. The summed E-state index contributed by atoms with van der Waals surface area (Å²) in [5.41, 5.74) is 0. The van der Waals surface area contributed by atoms with Crippen molar-refractivity contribution < 1.29 is 9.53 Å². The van der Waals surface area contributed by atoms with Gasteiger partial charge in [-0.25, -0.2) is 0 Å². The van der Waals surface area contributed by atoms with Crippen molar-refractivity contribution in [1.29, 1.82) is 0 Å². The van der Waals surface area contributed by atoms with Crippen molar-refractivity contribution in [3.8, 4) is 0 Å². The summed E-state index contributed by atoms with van der Waals surface area (Å²) in [4.78, 5) is 11.9. The second-order valence-corrected chi connectivity index (χ2v) is 9.72.